The molecule has 0 fully saturated rings. The molecule has 4 aromatic carbocycles. The third-order valence-corrected chi connectivity index (χ3v) is 9.38. The molecular weight excluding hydrogens is 560 g/mol. The first-order chi connectivity index (χ1) is 22.5. The second-order valence-electron chi connectivity index (χ2n) is 12.3. The van der Waals surface area contributed by atoms with E-state index in [0.29, 0.717) is 0 Å². The molecule has 4 aromatic rings. The first-order valence-corrected chi connectivity index (χ1v) is 16.0. The van der Waals surface area contributed by atoms with Crippen molar-refractivity contribution < 1.29 is 0 Å². The second kappa shape index (κ2) is 11.1. The van der Waals surface area contributed by atoms with Gasteiger partial charge in [-0.15, -0.1) is 0 Å². The van der Waals surface area contributed by atoms with E-state index in [2.05, 4.69) is 174 Å². The lowest BCUT2D eigenvalue weighted by molar-refractivity contribution is 0.877. The van der Waals surface area contributed by atoms with E-state index in [4.69, 9.17) is 0 Å². The first-order valence-electron chi connectivity index (χ1n) is 16.0. The molecule has 0 spiro atoms. The van der Waals surface area contributed by atoms with Crippen molar-refractivity contribution in [2.45, 2.75) is 40.5 Å². The number of hydrogen-bond donors (Lipinski definition) is 0. The highest BCUT2D eigenvalue weighted by molar-refractivity contribution is 5.98. The molecular formula is C42H36N4. The van der Waals surface area contributed by atoms with Crippen LogP contribution < -0.4 is 19.6 Å². The average Bonchev–Trinajstić information content (AvgIpc) is 3.58. The van der Waals surface area contributed by atoms with Gasteiger partial charge >= 0.3 is 0 Å². The lowest BCUT2D eigenvalue weighted by atomic mass is 10.1. The first kappa shape index (κ1) is 27.9. The standard InChI is InChI=1S/C42H36N4/c1-29-25-37-38(26-30(29)2)44(34-19-11-6-12-20-34)41(43(37)33-17-9-5-10-18-33)42-45(35-21-13-7-14-22-35)39-27-31(3)32(4)28-40(39)46(42)36-23-15-8-16-24-36/h5-11,13-15,17-19,21-23,25-28H,12,20H2,1-4H3/b42-41-. The Bertz CT molecular complexity index is 2120. The van der Waals surface area contributed by atoms with E-state index < -0.39 is 0 Å². The SMILES string of the molecule is Cc1cc2c(cc1C)N(c1ccccc1)/C(=C1/N(C3=CC=CCC3)c3cc(C)c(C)cc3N1c1ccccc1)N2C1=C=C=CC=C1. The number of rotatable bonds is 4. The van der Waals surface area contributed by atoms with Crippen molar-refractivity contribution in [2.24, 2.45) is 0 Å². The highest BCUT2D eigenvalue weighted by Gasteiger charge is 2.45. The topological polar surface area (TPSA) is 13.0 Å². The van der Waals surface area contributed by atoms with E-state index in [9.17, 15) is 0 Å². The van der Waals surface area contributed by atoms with Gasteiger partial charge in [-0.3, -0.25) is 19.6 Å². The van der Waals surface area contributed by atoms with E-state index in [-0.39, 0.29) is 0 Å². The molecule has 224 valence electrons. The summed E-state index contributed by atoms with van der Waals surface area (Å²) in [6, 6.07) is 30.9. The summed E-state index contributed by atoms with van der Waals surface area (Å²) < 4.78 is 0. The largest absolute Gasteiger partial charge is 0.295 e. The second-order valence-corrected chi connectivity index (χ2v) is 12.3. The quantitative estimate of drug-likeness (QED) is 0.217. The molecule has 46 heavy (non-hydrogen) atoms. The number of anilines is 6. The highest BCUT2D eigenvalue weighted by atomic mass is 15.5. The van der Waals surface area contributed by atoms with Crippen molar-refractivity contribution in [1.82, 2.24) is 0 Å². The third kappa shape index (κ3) is 4.39. The maximum Gasteiger partial charge on any atom is 0.166 e. The molecule has 0 bridgehead atoms. The molecule has 0 aromatic heterocycles. The molecule has 0 radical (unpaired) electrons. The van der Waals surface area contributed by atoms with Crippen LogP contribution in [0, 0.1) is 27.7 Å². The summed E-state index contributed by atoms with van der Waals surface area (Å²) in [5.74, 6) is 2.13. The molecule has 0 atom stereocenters. The van der Waals surface area contributed by atoms with Crippen LogP contribution in [0.25, 0.3) is 0 Å². The van der Waals surface area contributed by atoms with E-state index in [1.165, 1.54) is 39.3 Å². The highest BCUT2D eigenvalue weighted by Crippen LogP contribution is 2.56. The Morgan fingerprint density at radius 3 is 1.54 bits per heavy atom. The zero-order valence-corrected chi connectivity index (χ0v) is 26.8. The van der Waals surface area contributed by atoms with Gasteiger partial charge < -0.3 is 0 Å². The van der Waals surface area contributed by atoms with Gasteiger partial charge in [0.05, 0.1) is 28.4 Å². The summed E-state index contributed by atoms with van der Waals surface area (Å²) in [7, 11) is 0. The van der Waals surface area contributed by atoms with Gasteiger partial charge in [-0.05, 0) is 135 Å². The average molecular weight is 597 g/mol. The fourth-order valence-corrected chi connectivity index (χ4v) is 6.81. The van der Waals surface area contributed by atoms with Crippen LogP contribution >= 0.6 is 0 Å². The Balaban J connectivity index is 1.55. The molecule has 8 rings (SSSR count). The zero-order chi connectivity index (χ0) is 31.4. The predicted molar refractivity (Wildman–Crippen MR) is 192 cm³/mol. The van der Waals surface area contributed by atoms with E-state index in [0.717, 1.165) is 52.9 Å². The number of para-hydroxylation sites is 2. The number of benzene rings is 4. The molecule has 0 saturated carbocycles. The minimum atomic E-state index is 0.946. The Morgan fingerprint density at radius 2 is 1.07 bits per heavy atom. The van der Waals surface area contributed by atoms with Crippen LogP contribution in [0.1, 0.15) is 35.1 Å². The summed E-state index contributed by atoms with van der Waals surface area (Å²) in [6.07, 6.45) is 14.8. The van der Waals surface area contributed by atoms with Crippen molar-refractivity contribution in [3.63, 3.8) is 0 Å². The van der Waals surface area contributed by atoms with Crippen molar-refractivity contribution in [3.8, 4) is 0 Å². The van der Waals surface area contributed by atoms with Crippen LogP contribution in [0.4, 0.5) is 34.1 Å². The Hall–Kier alpha value is -5.66. The Kier molecular flexibility index (Phi) is 6.69. The zero-order valence-electron chi connectivity index (χ0n) is 26.8. The summed E-state index contributed by atoms with van der Waals surface area (Å²) in [5, 5.41) is 0. The molecule has 0 unspecified atom stereocenters. The van der Waals surface area contributed by atoms with Crippen LogP contribution in [0.15, 0.2) is 156 Å². The van der Waals surface area contributed by atoms with Gasteiger partial charge in [0.1, 0.15) is 0 Å². The fourth-order valence-electron chi connectivity index (χ4n) is 6.81. The van der Waals surface area contributed by atoms with Gasteiger partial charge in [-0.2, -0.15) is 0 Å². The minimum Gasteiger partial charge on any atom is -0.295 e. The Morgan fingerprint density at radius 1 is 0.565 bits per heavy atom. The van der Waals surface area contributed by atoms with Crippen LogP contribution in [-0.4, -0.2) is 0 Å². The number of fused-ring (bicyclic) bond motifs is 2. The summed E-state index contributed by atoms with van der Waals surface area (Å²) in [6.45, 7) is 8.83. The van der Waals surface area contributed by atoms with Crippen LogP contribution in [0.3, 0.4) is 0 Å². The van der Waals surface area contributed by atoms with Crippen molar-refractivity contribution in [3.05, 3.63) is 178 Å². The molecule has 4 heteroatoms. The van der Waals surface area contributed by atoms with Crippen LogP contribution in [-0.2, 0) is 0 Å². The van der Waals surface area contributed by atoms with Crippen molar-refractivity contribution in [1.29, 1.82) is 0 Å². The van der Waals surface area contributed by atoms with Crippen molar-refractivity contribution in [2.75, 3.05) is 19.6 Å². The van der Waals surface area contributed by atoms with Gasteiger partial charge in [0, 0.05) is 17.1 Å². The predicted octanol–water partition coefficient (Wildman–Crippen LogP) is 10.7. The number of nitrogens with zero attached hydrogens (tertiary/aromatic N) is 4. The monoisotopic (exact) mass is 596 g/mol. The summed E-state index contributed by atoms with van der Waals surface area (Å²) >= 11 is 0. The lowest BCUT2D eigenvalue weighted by Gasteiger charge is -2.35. The maximum atomic E-state index is 3.48. The van der Waals surface area contributed by atoms with E-state index in [1.807, 2.05) is 6.08 Å². The van der Waals surface area contributed by atoms with E-state index >= 15 is 0 Å². The molecule has 2 aliphatic carbocycles. The molecule has 4 nitrogen and oxygen atoms in total. The molecule has 0 amide bonds. The number of aryl methyl sites for hydroxylation is 4. The van der Waals surface area contributed by atoms with Crippen molar-refractivity contribution >= 4 is 34.1 Å². The third-order valence-electron chi connectivity index (χ3n) is 9.38. The van der Waals surface area contributed by atoms with Crippen LogP contribution in [0.5, 0.6) is 0 Å². The molecule has 2 heterocycles. The van der Waals surface area contributed by atoms with Gasteiger partial charge in [0.15, 0.2) is 11.6 Å². The molecule has 2 aliphatic heterocycles. The fraction of sp³-hybridized carbons (Fsp3) is 0.143. The van der Waals surface area contributed by atoms with Crippen LogP contribution in [0.2, 0.25) is 0 Å². The number of allylic oxidation sites excluding steroid dienone is 7. The molecule has 0 saturated heterocycles. The number of hydrogen-bond acceptors (Lipinski definition) is 4. The summed E-state index contributed by atoms with van der Waals surface area (Å²) in [5.41, 5.74) is 20.8. The lowest BCUT2D eigenvalue weighted by Crippen LogP contribution is -2.36. The summed E-state index contributed by atoms with van der Waals surface area (Å²) in [4.78, 5) is 9.78. The molecule has 0 N–H and O–H groups in total. The normalized spacial score (nSPS) is 17.9. The van der Waals surface area contributed by atoms with Gasteiger partial charge in [-0.1, -0.05) is 60.4 Å². The van der Waals surface area contributed by atoms with Gasteiger partial charge in [-0.25, -0.2) is 0 Å². The smallest absolute Gasteiger partial charge is 0.166 e. The van der Waals surface area contributed by atoms with Gasteiger partial charge in [0.25, 0.3) is 0 Å². The Labute approximate surface area is 271 Å². The van der Waals surface area contributed by atoms with Gasteiger partial charge in [0.2, 0.25) is 0 Å². The molecule has 4 aliphatic rings. The minimum absolute atomic E-state index is 0.946. The maximum absolute atomic E-state index is 3.48. The van der Waals surface area contributed by atoms with E-state index in [1.54, 1.807) is 0 Å².